The zero-order chi connectivity index (χ0) is 24.8. The van der Waals surface area contributed by atoms with Crippen LogP contribution < -0.4 is 0 Å². The molecule has 0 aromatic heterocycles. The first-order chi connectivity index (χ1) is 13.2. The predicted molar refractivity (Wildman–Crippen MR) is 146 cm³/mol. The van der Waals surface area contributed by atoms with Crippen molar-refractivity contribution in [1.29, 1.82) is 0 Å². The van der Waals surface area contributed by atoms with Crippen molar-refractivity contribution < 1.29 is 0 Å². The average Bonchev–Trinajstić information content (AvgIpc) is 2.63. The zero-order valence-electron chi connectivity index (χ0n) is 21.8. The van der Waals surface area contributed by atoms with E-state index in [1.54, 1.807) is 24.3 Å². The van der Waals surface area contributed by atoms with Gasteiger partial charge in [-0.1, -0.05) is 103 Å². The van der Waals surface area contributed by atoms with Crippen molar-refractivity contribution in [3.05, 3.63) is 110 Å². The molecule has 0 N–H and O–H groups in total. The van der Waals surface area contributed by atoms with Gasteiger partial charge in [0.15, 0.2) is 0 Å². The van der Waals surface area contributed by atoms with Crippen molar-refractivity contribution in [2.45, 2.75) is 76.2 Å². The molecule has 0 rings (SSSR count). The van der Waals surface area contributed by atoms with Gasteiger partial charge in [0.05, 0.1) is 0 Å². The van der Waals surface area contributed by atoms with Crippen LogP contribution in [0.25, 0.3) is 0 Å². The SMILES string of the molecule is C=C(C)C.C=CC(=C)C.C=CC=C.C=CC=CC.CC(C)=C(C)C.CC=C(C)C. The van der Waals surface area contributed by atoms with Gasteiger partial charge in [-0.25, -0.2) is 0 Å². The normalized spacial score (nSPS) is 7.14. The van der Waals surface area contributed by atoms with Crippen molar-refractivity contribution in [2.75, 3.05) is 0 Å². The van der Waals surface area contributed by atoms with Crippen LogP contribution in [0.5, 0.6) is 0 Å². The van der Waals surface area contributed by atoms with Crippen molar-refractivity contribution in [3.63, 3.8) is 0 Å². The van der Waals surface area contributed by atoms with E-state index in [1.165, 1.54) is 22.3 Å². The topological polar surface area (TPSA) is 0 Å². The minimum atomic E-state index is 1.02. The summed E-state index contributed by atoms with van der Waals surface area (Å²) in [6, 6.07) is 0. The highest BCUT2D eigenvalue weighted by atomic mass is 13.8. The lowest BCUT2D eigenvalue weighted by Gasteiger charge is -1.88. The summed E-state index contributed by atoms with van der Waals surface area (Å²) in [5, 5.41) is 0. The molecule has 0 fully saturated rings. The summed E-state index contributed by atoms with van der Waals surface area (Å²) in [6.45, 7) is 43.3. The van der Waals surface area contributed by atoms with Crippen LogP contribution in [-0.4, -0.2) is 0 Å². The molecule has 0 aromatic rings. The minimum absolute atomic E-state index is 1.02. The Labute approximate surface area is 186 Å². The van der Waals surface area contributed by atoms with Crippen molar-refractivity contribution in [3.8, 4) is 0 Å². The zero-order valence-corrected chi connectivity index (χ0v) is 21.8. The lowest BCUT2D eigenvalue weighted by Crippen LogP contribution is -1.66. The Hall–Kier alpha value is -2.34. The van der Waals surface area contributed by atoms with E-state index in [4.69, 9.17) is 0 Å². The van der Waals surface area contributed by atoms with E-state index < -0.39 is 0 Å². The maximum atomic E-state index is 3.56. The smallest absolute Gasteiger partial charge is 0.0404 e. The summed E-state index contributed by atoms with van der Waals surface area (Å²) in [5.74, 6) is 0. The van der Waals surface area contributed by atoms with Crippen LogP contribution in [0.3, 0.4) is 0 Å². The molecule has 168 valence electrons. The van der Waals surface area contributed by atoms with Crippen LogP contribution in [0, 0.1) is 0 Å². The van der Waals surface area contributed by atoms with Crippen LogP contribution in [0.2, 0.25) is 0 Å². The molecule has 0 nitrogen and oxygen atoms in total. The Morgan fingerprint density at radius 3 is 0.828 bits per heavy atom. The molecule has 29 heavy (non-hydrogen) atoms. The fourth-order valence-corrected chi connectivity index (χ4v) is 0.136. The molecule has 0 saturated heterocycles. The monoisotopic (exact) mass is 400 g/mol. The molecule has 0 aliphatic carbocycles. The molecule has 0 spiro atoms. The summed E-state index contributed by atoms with van der Waals surface area (Å²) in [7, 11) is 0. The largest absolute Gasteiger partial charge is 0.100 e. The van der Waals surface area contributed by atoms with Gasteiger partial charge >= 0.3 is 0 Å². The third-order valence-corrected chi connectivity index (χ3v) is 2.42. The Bertz CT molecular complexity index is 470. The van der Waals surface area contributed by atoms with Gasteiger partial charge in [-0.15, -0.1) is 6.58 Å². The van der Waals surface area contributed by atoms with Gasteiger partial charge in [0.1, 0.15) is 0 Å². The van der Waals surface area contributed by atoms with Gasteiger partial charge in [-0.2, -0.15) is 0 Å². The number of allylic oxidation sites excluding steroid dienone is 12. The quantitative estimate of drug-likeness (QED) is 0.326. The lowest BCUT2D eigenvalue weighted by molar-refractivity contribution is 1.23. The van der Waals surface area contributed by atoms with Gasteiger partial charge in [0, 0.05) is 0 Å². The molecule has 0 aliphatic heterocycles. The summed E-state index contributed by atoms with van der Waals surface area (Å²) in [6.07, 6.45) is 12.7. The molecule has 0 amide bonds. The van der Waals surface area contributed by atoms with Gasteiger partial charge < -0.3 is 0 Å². The average molecular weight is 401 g/mol. The molecule has 0 saturated carbocycles. The summed E-state index contributed by atoms with van der Waals surface area (Å²) < 4.78 is 0. The number of hydrogen-bond donors (Lipinski definition) is 0. The minimum Gasteiger partial charge on any atom is -0.100 e. The highest BCUT2D eigenvalue weighted by molar-refractivity contribution is 5.06. The van der Waals surface area contributed by atoms with Crippen LogP contribution in [0.1, 0.15) is 76.2 Å². The Morgan fingerprint density at radius 2 is 0.828 bits per heavy atom. The molecular weight excluding hydrogens is 348 g/mol. The van der Waals surface area contributed by atoms with Crippen molar-refractivity contribution in [2.24, 2.45) is 0 Å². The standard InChI is InChI=1S/C6H12.C5H10.2C5H8.C4H8.C4H6/c1-5(2)6(3)4;2*1-4-5(2)3;1-3-5-4-2;1-4(2)3;1-3-4-2/h1-4H3;4H,1-3H3;4H,1-2H2,3H3;3-5H,1H2,2H3;1H2,2-3H3;3-4H,1-2H2. The maximum Gasteiger partial charge on any atom is -0.0404 e. The van der Waals surface area contributed by atoms with Gasteiger partial charge in [0.25, 0.3) is 0 Å². The van der Waals surface area contributed by atoms with Crippen LogP contribution in [0.4, 0.5) is 0 Å². The summed E-state index contributed by atoms with van der Waals surface area (Å²) in [4.78, 5) is 0. The van der Waals surface area contributed by atoms with Crippen LogP contribution in [0.15, 0.2) is 110 Å². The second-order valence-electron chi connectivity index (χ2n) is 6.86. The van der Waals surface area contributed by atoms with Crippen molar-refractivity contribution in [1.82, 2.24) is 0 Å². The van der Waals surface area contributed by atoms with E-state index in [2.05, 4.69) is 87.1 Å². The Kier molecular flexibility index (Phi) is 57.3. The Morgan fingerprint density at radius 1 is 0.586 bits per heavy atom. The highest BCUT2D eigenvalue weighted by Crippen LogP contribution is 1.97. The summed E-state index contributed by atoms with van der Waals surface area (Å²) >= 11 is 0. The molecule has 0 radical (unpaired) electrons. The van der Waals surface area contributed by atoms with Crippen LogP contribution in [-0.2, 0) is 0 Å². The molecule has 0 bridgehead atoms. The van der Waals surface area contributed by atoms with E-state index in [0.29, 0.717) is 0 Å². The summed E-state index contributed by atoms with van der Waals surface area (Å²) in [5.41, 5.74) is 6.42. The molecule has 0 heterocycles. The first-order valence-electron chi connectivity index (χ1n) is 9.82. The Balaban J connectivity index is -0.0000000550. The van der Waals surface area contributed by atoms with Gasteiger partial charge in [-0.3, -0.25) is 0 Å². The maximum absolute atomic E-state index is 3.56. The van der Waals surface area contributed by atoms with E-state index in [1.807, 2.05) is 46.8 Å². The number of rotatable bonds is 3. The highest BCUT2D eigenvalue weighted by Gasteiger charge is 1.75. The second-order valence-corrected chi connectivity index (χ2v) is 6.86. The molecule has 0 aromatic carbocycles. The second kappa shape index (κ2) is 40.4. The molecular formula is C29H52. The number of hydrogen-bond acceptors (Lipinski definition) is 0. The molecule has 0 atom stereocenters. The third kappa shape index (κ3) is 192. The fourth-order valence-electron chi connectivity index (χ4n) is 0.136. The first kappa shape index (κ1) is 41.1. The third-order valence-electron chi connectivity index (χ3n) is 2.42. The first-order valence-corrected chi connectivity index (χ1v) is 9.82. The van der Waals surface area contributed by atoms with Crippen LogP contribution >= 0.6 is 0 Å². The van der Waals surface area contributed by atoms with E-state index in [9.17, 15) is 0 Å². The lowest BCUT2D eigenvalue weighted by atomic mass is 10.2. The molecule has 0 aliphatic rings. The van der Waals surface area contributed by atoms with Crippen molar-refractivity contribution >= 4 is 0 Å². The van der Waals surface area contributed by atoms with Gasteiger partial charge in [0.2, 0.25) is 0 Å². The fraction of sp³-hybridized carbons (Fsp3) is 0.379. The van der Waals surface area contributed by atoms with E-state index >= 15 is 0 Å². The predicted octanol–water partition coefficient (Wildman–Crippen LogP) is 10.8. The van der Waals surface area contributed by atoms with Gasteiger partial charge in [-0.05, 0) is 76.2 Å². The van der Waals surface area contributed by atoms with E-state index in [0.717, 1.165) is 5.57 Å². The molecule has 0 heteroatoms. The molecule has 0 unspecified atom stereocenters. The van der Waals surface area contributed by atoms with E-state index in [-0.39, 0.29) is 0 Å².